The lowest BCUT2D eigenvalue weighted by Crippen LogP contribution is -2.52. The molecule has 2 aromatic carbocycles. The second-order valence-electron chi connectivity index (χ2n) is 15.5. The Balaban J connectivity index is 0.750. The third-order valence-electron chi connectivity index (χ3n) is 11.7. The Morgan fingerprint density at radius 1 is 0.932 bits per heavy atom. The van der Waals surface area contributed by atoms with E-state index in [2.05, 4.69) is 44.1 Å². The van der Waals surface area contributed by atoms with E-state index < -0.39 is 18.1 Å². The maximum absolute atomic E-state index is 13.4. The Hall–Kier alpha value is -6.39. The number of carbonyl (C=O) groups excluding carboxylic acids is 3. The van der Waals surface area contributed by atoms with Gasteiger partial charge >= 0.3 is 0 Å². The van der Waals surface area contributed by atoms with Gasteiger partial charge in [-0.05, 0) is 98.3 Å². The number of hydrogen-bond donors (Lipinski definition) is 3. The first-order valence-electron chi connectivity index (χ1n) is 20.3. The number of carbonyl (C=O) groups is 3. The second kappa shape index (κ2) is 16.1. The van der Waals surface area contributed by atoms with Crippen molar-refractivity contribution < 1.29 is 24.2 Å². The van der Waals surface area contributed by atoms with Crippen LogP contribution in [-0.2, 0) is 29.1 Å². The molecule has 9 rings (SSSR count). The van der Waals surface area contributed by atoms with Crippen LogP contribution in [0.1, 0.15) is 65.4 Å². The van der Waals surface area contributed by atoms with Crippen molar-refractivity contribution in [1.29, 1.82) is 0 Å². The number of piperidine rings is 1. The van der Waals surface area contributed by atoms with E-state index in [9.17, 15) is 24.3 Å². The van der Waals surface area contributed by atoms with Gasteiger partial charge in [-0.15, -0.1) is 6.58 Å². The number of aliphatic hydroxyl groups excluding tert-OH is 1. The fourth-order valence-electron chi connectivity index (χ4n) is 8.53. The average Bonchev–Trinajstić information content (AvgIpc) is 3.87. The molecule has 4 aliphatic rings. The smallest absolute Gasteiger partial charge is 0.278 e. The van der Waals surface area contributed by atoms with E-state index in [0.29, 0.717) is 65.8 Å². The fourth-order valence-corrected chi connectivity index (χ4v) is 8.53. The number of hydrogen-bond acceptors (Lipinski definition) is 12. The summed E-state index contributed by atoms with van der Waals surface area (Å²) in [5.41, 5.74) is 5.17. The number of anilines is 3. The summed E-state index contributed by atoms with van der Waals surface area (Å²) in [4.78, 5) is 70.6. The molecular formula is C43H46N10O6. The molecule has 3 aromatic heterocycles. The minimum Gasteiger partial charge on any atom is -0.494 e. The predicted molar refractivity (Wildman–Crippen MR) is 220 cm³/mol. The van der Waals surface area contributed by atoms with Gasteiger partial charge in [-0.3, -0.25) is 29.4 Å². The highest BCUT2D eigenvalue weighted by Crippen LogP contribution is 2.32. The Morgan fingerprint density at radius 2 is 1.76 bits per heavy atom. The van der Waals surface area contributed by atoms with Crippen LogP contribution in [0.5, 0.6) is 5.75 Å². The summed E-state index contributed by atoms with van der Waals surface area (Å²) in [6.07, 6.45) is 6.42. The minimum atomic E-state index is -0.632. The molecule has 59 heavy (non-hydrogen) atoms. The molecule has 0 bridgehead atoms. The summed E-state index contributed by atoms with van der Waals surface area (Å²) in [6.45, 7) is 9.72. The number of aryl methyl sites for hydroxylation is 1. The Labute approximate surface area is 340 Å². The van der Waals surface area contributed by atoms with E-state index in [1.165, 1.54) is 10.9 Å². The molecule has 1 aliphatic carbocycles. The normalized spacial score (nSPS) is 19.2. The van der Waals surface area contributed by atoms with E-state index in [-0.39, 0.29) is 30.3 Å². The molecule has 0 spiro atoms. The molecule has 2 saturated heterocycles. The van der Waals surface area contributed by atoms with Gasteiger partial charge in [0, 0.05) is 62.3 Å². The van der Waals surface area contributed by atoms with Crippen LogP contribution in [0, 0.1) is 0 Å². The number of piperazine rings is 1. The van der Waals surface area contributed by atoms with Crippen LogP contribution in [0.3, 0.4) is 0 Å². The average molecular weight is 799 g/mol. The largest absolute Gasteiger partial charge is 0.494 e. The summed E-state index contributed by atoms with van der Waals surface area (Å²) in [7, 11) is 0. The van der Waals surface area contributed by atoms with Crippen molar-refractivity contribution in [3.8, 4) is 11.6 Å². The van der Waals surface area contributed by atoms with Gasteiger partial charge in [-0.1, -0.05) is 12.1 Å². The van der Waals surface area contributed by atoms with Crippen molar-refractivity contribution in [2.75, 3.05) is 49.5 Å². The first-order chi connectivity index (χ1) is 28.7. The maximum Gasteiger partial charge on any atom is 0.278 e. The monoisotopic (exact) mass is 798 g/mol. The van der Waals surface area contributed by atoms with Gasteiger partial charge in [0.05, 0.1) is 24.9 Å². The molecular weight excluding hydrogens is 753 g/mol. The molecule has 3 aliphatic heterocycles. The molecule has 6 heterocycles. The van der Waals surface area contributed by atoms with Gasteiger partial charge in [0.1, 0.15) is 17.2 Å². The molecule has 16 heteroatoms. The number of pyridine rings is 1. The molecule has 304 valence electrons. The first-order valence-corrected chi connectivity index (χ1v) is 20.3. The number of rotatable bonds is 13. The van der Waals surface area contributed by atoms with Crippen molar-refractivity contribution in [3.05, 3.63) is 106 Å². The zero-order valence-electron chi connectivity index (χ0n) is 32.7. The summed E-state index contributed by atoms with van der Waals surface area (Å²) >= 11 is 0. The number of amides is 3. The van der Waals surface area contributed by atoms with Crippen molar-refractivity contribution >= 4 is 46.1 Å². The van der Waals surface area contributed by atoms with Crippen LogP contribution < -0.4 is 25.8 Å². The van der Waals surface area contributed by atoms with Gasteiger partial charge in [0.2, 0.25) is 17.8 Å². The number of ether oxygens (including phenoxy) is 1. The number of nitrogens with zero attached hydrogens (tertiary/aromatic N) is 8. The lowest BCUT2D eigenvalue weighted by Gasteiger charge is -2.36. The molecule has 0 radical (unpaired) electrons. The van der Waals surface area contributed by atoms with Crippen LogP contribution >= 0.6 is 0 Å². The molecule has 5 aromatic rings. The lowest BCUT2D eigenvalue weighted by molar-refractivity contribution is -0.136. The zero-order chi connectivity index (χ0) is 40.6. The number of aliphatic hydroxyl groups is 1. The molecule has 2 unspecified atom stereocenters. The zero-order valence-corrected chi connectivity index (χ0v) is 32.7. The van der Waals surface area contributed by atoms with Crippen LogP contribution in [0.2, 0.25) is 0 Å². The summed E-state index contributed by atoms with van der Waals surface area (Å²) < 4.78 is 9.25. The second-order valence-corrected chi connectivity index (χ2v) is 15.5. The van der Waals surface area contributed by atoms with Gasteiger partial charge < -0.3 is 25.0 Å². The number of imide groups is 1. The van der Waals surface area contributed by atoms with E-state index in [1.54, 1.807) is 21.7 Å². The number of aromatic nitrogens is 5. The van der Waals surface area contributed by atoms with Crippen molar-refractivity contribution in [2.45, 2.75) is 63.8 Å². The van der Waals surface area contributed by atoms with Crippen LogP contribution in [0.4, 0.5) is 17.3 Å². The number of fused-ring (bicyclic) bond motifs is 3. The Bertz CT molecular complexity index is 2510. The minimum absolute atomic E-state index is 0.186. The number of nitrogens with one attached hydrogen (secondary N) is 2. The van der Waals surface area contributed by atoms with Gasteiger partial charge in [-0.2, -0.15) is 4.98 Å². The van der Waals surface area contributed by atoms with E-state index in [0.717, 1.165) is 74.5 Å². The summed E-state index contributed by atoms with van der Waals surface area (Å²) in [5.74, 6) is 0.654. The van der Waals surface area contributed by atoms with Crippen molar-refractivity contribution in [2.24, 2.45) is 0 Å². The summed E-state index contributed by atoms with van der Waals surface area (Å²) in [6, 6.07) is 16.8. The first kappa shape index (κ1) is 38.1. The topological polar surface area (TPSA) is 180 Å². The highest BCUT2D eigenvalue weighted by molar-refractivity contribution is 6.05. The molecule has 2 atom stereocenters. The van der Waals surface area contributed by atoms with Gasteiger partial charge in [-0.25, -0.2) is 19.3 Å². The quantitative estimate of drug-likeness (QED) is 0.0897. The molecule has 3 amide bonds. The molecule has 16 nitrogen and oxygen atoms in total. The molecule has 2 fully saturated rings. The Kier molecular flexibility index (Phi) is 10.4. The number of allylic oxidation sites excluding steroid dienone is 1. The van der Waals surface area contributed by atoms with E-state index in [4.69, 9.17) is 14.7 Å². The predicted octanol–water partition coefficient (Wildman–Crippen LogP) is 3.63. The van der Waals surface area contributed by atoms with Crippen molar-refractivity contribution in [3.63, 3.8) is 0 Å². The highest BCUT2D eigenvalue weighted by Gasteiger charge is 2.39. The van der Waals surface area contributed by atoms with Gasteiger partial charge in [0.25, 0.3) is 11.5 Å². The van der Waals surface area contributed by atoms with Crippen LogP contribution in [0.15, 0.2) is 78.2 Å². The SMILES string of the molecule is C=CCn1c(=O)c2cnc(Nc3ccc(N4CCN(CCCCOc5ccc6c(c5)CN(C5CCC(=O)NC5=O)C6=O)CC4)cc3)nc2n1-c1ccc2c(n1)C(O)CC2. The third kappa shape index (κ3) is 7.56. The Morgan fingerprint density at radius 3 is 2.56 bits per heavy atom. The number of benzene rings is 2. The maximum atomic E-state index is 13.4. The van der Waals surface area contributed by atoms with Crippen molar-refractivity contribution in [1.82, 2.24) is 39.4 Å². The van der Waals surface area contributed by atoms with Crippen LogP contribution in [0.25, 0.3) is 16.9 Å². The van der Waals surface area contributed by atoms with Crippen LogP contribution in [-0.4, -0.2) is 102 Å². The highest BCUT2D eigenvalue weighted by atomic mass is 16.5. The van der Waals surface area contributed by atoms with E-state index in [1.807, 2.05) is 36.4 Å². The standard InChI is InChI=1S/C43H46N10O6/c1-2-17-52-42(58)33-25-44-43(48-39(33)53(52)36-15-6-27-5-14-35(54)38(27)46-36)45-29-7-9-30(10-8-29)50-21-19-49(20-22-50)18-3-4-23-59-31-11-12-32-28(24-31)26-51(41(32)57)34-13-16-37(55)47-40(34)56/h2,6-12,15,24-25,34-35,54H,1,3-5,13-14,16-23,26H2,(H,44,45,48)(H,47,55,56). The van der Waals surface area contributed by atoms with E-state index >= 15 is 0 Å². The summed E-state index contributed by atoms with van der Waals surface area (Å²) in [5, 5.41) is 16.5. The van der Waals surface area contributed by atoms with Gasteiger partial charge in [0.15, 0.2) is 11.5 Å². The molecule has 0 saturated carbocycles. The third-order valence-corrected chi connectivity index (χ3v) is 11.7. The lowest BCUT2D eigenvalue weighted by atomic mass is 10.0. The number of unbranched alkanes of at least 4 members (excludes halogenated alkanes) is 1. The molecule has 3 N–H and O–H groups in total. The fraction of sp³-hybridized carbons (Fsp3) is 0.372.